The van der Waals surface area contributed by atoms with E-state index in [2.05, 4.69) is 15.3 Å². The van der Waals surface area contributed by atoms with E-state index in [1.165, 1.54) is 0 Å². The number of rotatable bonds is 3. The van der Waals surface area contributed by atoms with Crippen LogP contribution >= 0.6 is 23.2 Å². The van der Waals surface area contributed by atoms with Crippen LogP contribution in [-0.4, -0.2) is 9.97 Å². The highest BCUT2D eigenvalue weighted by Gasteiger charge is 2.27. The molecule has 0 saturated heterocycles. The Bertz CT molecular complexity index is 648. The maximum atomic E-state index is 6.00. The molecule has 0 spiro atoms. The van der Waals surface area contributed by atoms with Gasteiger partial charge in [-0.2, -0.15) is 0 Å². The van der Waals surface area contributed by atoms with Gasteiger partial charge in [0.05, 0.1) is 0 Å². The molecule has 1 heterocycles. The topological polar surface area (TPSA) is 63.8 Å². The van der Waals surface area contributed by atoms with Crippen LogP contribution in [0.2, 0.25) is 10.0 Å². The van der Waals surface area contributed by atoms with Gasteiger partial charge < -0.3 is 11.1 Å². The molecule has 1 fully saturated rings. The summed E-state index contributed by atoms with van der Waals surface area (Å²) in [5, 5.41) is 4.36. The molecule has 1 aliphatic carbocycles. The van der Waals surface area contributed by atoms with Crippen molar-refractivity contribution in [1.29, 1.82) is 0 Å². The summed E-state index contributed by atoms with van der Waals surface area (Å²) in [5.74, 6) is 2.47. The normalized spacial score (nSPS) is 14.3. The van der Waals surface area contributed by atoms with E-state index in [4.69, 9.17) is 28.9 Å². The summed E-state index contributed by atoms with van der Waals surface area (Å²) in [5.41, 5.74) is 7.56. The molecule has 3 rings (SSSR count). The van der Waals surface area contributed by atoms with Crippen molar-refractivity contribution in [1.82, 2.24) is 9.97 Å². The van der Waals surface area contributed by atoms with Crippen LogP contribution in [0.25, 0.3) is 0 Å². The highest BCUT2D eigenvalue weighted by atomic mass is 35.5. The van der Waals surface area contributed by atoms with Gasteiger partial charge in [-0.25, -0.2) is 9.97 Å². The lowest BCUT2D eigenvalue weighted by Gasteiger charge is -2.12. The zero-order valence-corrected chi connectivity index (χ0v) is 12.5. The number of nitrogen functional groups attached to an aromatic ring is 1. The number of anilines is 3. The Labute approximate surface area is 127 Å². The molecule has 0 unspecified atom stereocenters. The Morgan fingerprint density at radius 3 is 2.40 bits per heavy atom. The van der Waals surface area contributed by atoms with Crippen molar-refractivity contribution in [2.75, 3.05) is 11.1 Å². The van der Waals surface area contributed by atoms with Gasteiger partial charge in [0.2, 0.25) is 0 Å². The standard InChI is InChI=1S/C14H14Cl2N4/c1-7-12(17)19-14(8-2-3-8)20-13(7)18-11-5-9(15)4-10(16)6-11/h4-6,8H,2-3H2,1H3,(H3,17,18,19,20). The Balaban J connectivity index is 1.96. The Hall–Kier alpha value is -1.52. The predicted octanol–water partition coefficient (Wildman–Crippen LogP) is 4.30. The Morgan fingerprint density at radius 2 is 1.80 bits per heavy atom. The van der Waals surface area contributed by atoms with Crippen LogP contribution in [-0.2, 0) is 0 Å². The summed E-state index contributed by atoms with van der Waals surface area (Å²) in [7, 11) is 0. The van der Waals surface area contributed by atoms with Gasteiger partial charge in [-0.05, 0) is 38.0 Å². The molecule has 4 nitrogen and oxygen atoms in total. The lowest BCUT2D eigenvalue weighted by atomic mass is 10.2. The van der Waals surface area contributed by atoms with Crippen molar-refractivity contribution in [3.63, 3.8) is 0 Å². The molecule has 104 valence electrons. The smallest absolute Gasteiger partial charge is 0.139 e. The molecule has 0 aliphatic heterocycles. The minimum Gasteiger partial charge on any atom is -0.383 e. The lowest BCUT2D eigenvalue weighted by Crippen LogP contribution is -2.06. The molecule has 0 amide bonds. The van der Waals surface area contributed by atoms with Gasteiger partial charge in [0.15, 0.2) is 0 Å². The zero-order chi connectivity index (χ0) is 14.3. The Kier molecular flexibility index (Phi) is 3.44. The maximum Gasteiger partial charge on any atom is 0.139 e. The third kappa shape index (κ3) is 2.81. The van der Waals surface area contributed by atoms with Crippen molar-refractivity contribution in [3.05, 3.63) is 39.6 Å². The molecular formula is C14H14Cl2N4. The highest BCUT2D eigenvalue weighted by molar-refractivity contribution is 6.35. The molecule has 2 aromatic rings. The number of halogens is 2. The first-order valence-corrected chi connectivity index (χ1v) is 7.15. The third-order valence-electron chi connectivity index (χ3n) is 3.27. The molecule has 1 aliphatic rings. The number of aromatic nitrogens is 2. The number of nitrogens with two attached hydrogens (primary N) is 1. The van der Waals surface area contributed by atoms with Crippen molar-refractivity contribution in [3.8, 4) is 0 Å². The fourth-order valence-corrected chi connectivity index (χ4v) is 2.49. The molecule has 0 bridgehead atoms. The number of nitrogens with zero attached hydrogens (tertiary/aromatic N) is 2. The van der Waals surface area contributed by atoms with Gasteiger partial charge in [0.1, 0.15) is 17.5 Å². The SMILES string of the molecule is Cc1c(N)nc(C2CC2)nc1Nc1cc(Cl)cc(Cl)c1. The quantitative estimate of drug-likeness (QED) is 0.887. The van der Waals surface area contributed by atoms with Crippen molar-refractivity contribution in [2.45, 2.75) is 25.7 Å². The molecule has 3 N–H and O–H groups in total. The second-order valence-corrected chi connectivity index (χ2v) is 5.87. The van der Waals surface area contributed by atoms with Crippen molar-refractivity contribution in [2.24, 2.45) is 0 Å². The first-order valence-electron chi connectivity index (χ1n) is 6.40. The van der Waals surface area contributed by atoms with E-state index in [-0.39, 0.29) is 0 Å². The zero-order valence-electron chi connectivity index (χ0n) is 11.0. The summed E-state index contributed by atoms with van der Waals surface area (Å²) in [6, 6.07) is 5.27. The molecular weight excluding hydrogens is 295 g/mol. The van der Waals surface area contributed by atoms with E-state index in [1.54, 1.807) is 18.2 Å². The molecule has 6 heteroatoms. The van der Waals surface area contributed by atoms with Crippen LogP contribution in [0.15, 0.2) is 18.2 Å². The molecule has 1 saturated carbocycles. The van der Waals surface area contributed by atoms with Gasteiger partial charge in [0.25, 0.3) is 0 Å². The van der Waals surface area contributed by atoms with Crippen molar-refractivity contribution < 1.29 is 0 Å². The van der Waals surface area contributed by atoms with Gasteiger partial charge in [0, 0.05) is 27.2 Å². The summed E-state index contributed by atoms with van der Waals surface area (Å²) in [6.07, 6.45) is 2.26. The van der Waals surface area contributed by atoms with Crippen LogP contribution < -0.4 is 11.1 Å². The van der Waals surface area contributed by atoms with Gasteiger partial charge in [-0.1, -0.05) is 23.2 Å². The molecule has 1 aromatic heterocycles. The van der Waals surface area contributed by atoms with Crippen LogP contribution in [0.5, 0.6) is 0 Å². The third-order valence-corrected chi connectivity index (χ3v) is 3.70. The van der Waals surface area contributed by atoms with E-state index in [1.807, 2.05) is 6.92 Å². The van der Waals surface area contributed by atoms with Crippen LogP contribution in [0.1, 0.15) is 30.1 Å². The highest BCUT2D eigenvalue weighted by Crippen LogP contribution is 2.39. The van der Waals surface area contributed by atoms with E-state index in [0.717, 1.165) is 29.9 Å². The fourth-order valence-electron chi connectivity index (χ4n) is 1.96. The second kappa shape index (κ2) is 5.11. The van der Waals surface area contributed by atoms with Gasteiger partial charge >= 0.3 is 0 Å². The molecule has 20 heavy (non-hydrogen) atoms. The van der Waals surface area contributed by atoms with E-state index in [0.29, 0.717) is 27.6 Å². The summed E-state index contributed by atoms with van der Waals surface area (Å²) in [4.78, 5) is 8.91. The predicted molar refractivity (Wildman–Crippen MR) is 82.9 cm³/mol. The Morgan fingerprint density at radius 1 is 1.15 bits per heavy atom. The second-order valence-electron chi connectivity index (χ2n) is 5.00. The average molecular weight is 309 g/mol. The van der Waals surface area contributed by atoms with E-state index < -0.39 is 0 Å². The first-order chi connectivity index (χ1) is 9.52. The maximum absolute atomic E-state index is 6.00. The van der Waals surface area contributed by atoms with Crippen LogP contribution in [0.3, 0.4) is 0 Å². The van der Waals surface area contributed by atoms with Crippen LogP contribution in [0, 0.1) is 6.92 Å². The van der Waals surface area contributed by atoms with E-state index >= 15 is 0 Å². The summed E-state index contributed by atoms with van der Waals surface area (Å²) in [6.45, 7) is 1.89. The minimum atomic E-state index is 0.446. The lowest BCUT2D eigenvalue weighted by molar-refractivity contribution is 0.928. The fraction of sp³-hybridized carbons (Fsp3) is 0.286. The molecule has 0 radical (unpaired) electrons. The van der Waals surface area contributed by atoms with E-state index in [9.17, 15) is 0 Å². The largest absolute Gasteiger partial charge is 0.383 e. The number of benzene rings is 1. The van der Waals surface area contributed by atoms with Crippen molar-refractivity contribution >= 4 is 40.5 Å². The first kappa shape index (κ1) is 13.5. The minimum absolute atomic E-state index is 0.446. The summed E-state index contributed by atoms with van der Waals surface area (Å²) < 4.78 is 0. The molecule has 1 aromatic carbocycles. The monoisotopic (exact) mass is 308 g/mol. The number of nitrogens with one attached hydrogen (secondary N) is 1. The number of hydrogen-bond acceptors (Lipinski definition) is 4. The van der Waals surface area contributed by atoms with Gasteiger partial charge in [-0.15, -0.1) is 0 Å². The number of hydrogen-bond donors (Lipinski definition) is 2. The summed E-state index contributed by atoms with van der Waals surface area (Å²) >= 11 is 12.0. The van der Waals surface area contributed by atoms with Gasteiger partial charge in [-0.3, -0.25) is 0 Å². The molecule has 0 atom stereocenters. The average Bonchev–Trinajstić information content (AvgIpc) is 3.17. The van der Waals surface area contributed by atoms with Crippen LogP contribution in [0.4, 0.5) is 17.3 Å².